The predicted molar refractivity (Wildman–Crippen MR) is 94.2 cm³/mol. The molecule has 0 aliphatic heterocycles. The van der Waals surface area contributed by atoms with Crippen LogP contribution in [0.2, 0.25) is 0 Å². The summed E-state index contributed by atoms with van der Waals surface area (Å²) in [5.74, 6) is -0.00468. The van der Waals surface area contributed by atoms with E-state index in [9.17, 15) is 9.59 Å². The van der Waals surface area contributed by atoms with Crippen molar-refractivity contribution in [3.63, 3.8) is 0 Å². The molecule has 6 nitrogen and oxygen atoms in total. The number of nitrogens with zero attached hydrogens (tertiary/aromatic N) is 2. The number of esters is 1. The van der Waals surface area contributed by atoms with Crippen molar-refractivity contribution in [2.45, 2.75) is 25.9 Å². The first kappa shape index (κ1) is 17.5. The Hall–Kier alpha value is -3.28. The van der Waals surface area contributed by atoms with E-state index in [0.29, 0.717) is 11.5 Å². The van der Waals surface area contributed by atoms with E-state index in [0.717, 1.165) is 5.56 Å². The van der Waals surface area contributed by atoms with E-state index in [1.54, 1.807) is 31.2 Å². The second kappa shape index (κ2) is 8.20. The third-order valence-corrected chi connectivity index (χ3v) is 3.77. The van der Waals surface area contributed by atoms with Crippen molar-refractivity contribution in [3.05, 3.63) is 72.1 Å². The lowest BCUT2D eigenvalue weighted by Gasteiger charge is -2.09. The fraction of sp³-hybridized carbons (Fsp3) is 0.200. The molecule has 26 heavy (non-hydrogen) atoms. The largest absolute Gasteiger partial charge is 0.453 e. The van der Waals surface area contributed by atoms with E-state index < -0.39 is 12.1 Å². The molecular weight excluding hydrogens is 332 g/mol. The molecule has 0 radical (unpaired) electrons. The topological polar surface area (TPSA) is 82.3 Å². The van der Waals surface area contributed by atoms with E-state index in [1.807, 2.05) is 36.4 Å². The molecule has 1 heterocycles. The van der Waals surface area contributed by atoms with Crippen LogP contribution in [0.1, 0.15) is 42.1 Å². The van der Waals surface area contributed by atoms with Gasteiger partial charge in [0.05, 0.1) is 6.42 Å². The van der Waals surface area contributed by atoms with Crippen LogP contribution in [0, 0.1) is 0 Å². The van der Waals surface area contributed by atoms with Crippen molar-refractivity contribution in [2.24, 2.45) is 0 Å². The summed E-state index contributed by atoms with van der Waals surface area (Å²) in [6.07, 6.45) is -0.592. The first-order chi connectivity index (χ1) is 12.6. The standard InChI is InChI=1S/C20H18N2O4/c1-14(19-21-22-20(26-19)16-10-6-3-7-11-16)25-18(24)13-12-17(23)15-8-4-2-5-9-15/h2-11,14H,12-13H2,1H3. The minimum absolute atomic E-state index is 0.00223. The summed E-state index contributed by atoms with van der Waals surface area (Å²) in [4.78, 5) is 24.0. The van der Waals surface area contributed by atoms with E-state index in [-0.39, 0.29) is 24.5 Å². The minimum Gasteiger partial charge on any atom is -0.453 e. The van der Waals surface area contributed by atoms with Crippen LogP contribution in [-0.2, 0) is 9.53 Å². The lowest BCUT2D eigenvalue weighted by molar-refractivity contribution is -0.149. The maximum atomic E-state index is 12.0. The highest BCUT2D eigenvalue weighted by Crippen LogP contribution is 2.22. The maximum Gasteiger partial charge on any atom is 0.307 e. The van der Waals surface area contributed by atoms with Crippen LogP contribution >= 0.6 is 0 Å². The minimum atomic E-state index is -0.681. The number of Topliss-reactive ketones (excluding diaryl/α,β-unsaturated/α-hetero) is 1. The number of hydrogen-bond donors (Lipinski definition) is 0. The van der Waals surface area contributed by atoms with E-state index in [2.05, 4.69) is 10.2 Å². The zero-order chi connectivity index (χ0) is 18.4. The summed E-state index contributed by atoms with van der Waals surface area (Å²) in [5, 5.41) is 7.89. The summed E-state index contributed by atoms with van der Waals surface area (Å²) in [5.41, 5.74) is 1.37. The zero-order valence-electron chi connectivity index (χ0n) is 14.3. The maximum absolute atomic E-state index is 12.0. The second-order valence-electron chi connectivity index (χ2n) is 5.73. The van der Waals surface area contributed by atoms with Crippen LogP contribution in [-0.4, -0.2) is 21.9 Å². The molecule has 0 fully saturated rings. The SMILES string of the molecule is CC(OC(=O)CCC(=O)c1ccccc1)c1nnc(-c2ccccc2)o1. The van der Waals surface area contributed by atoms with E-state index in [1.165, 1.54) is 0 Å². The van der Waals surface area contributed by atoms with Crippen LogP contribution in [0.25, 0.3) is 11.5 Å². The Morgan fingerprint density at radius 3 is 2.31 bits per heavy atom. The summed E-state index contributed by atoms with van der Waals surface area (Å²) in [7, 11) is 0. The molecule has 1 unspecified atom stereocenters. The Labute approximate surface area is 150 Å². The Bertz CT molecular complexity index is 875. The summed E-state index contributed by atoms with van der Waals surface area (Å²) >= 11 is 0. The molecule has 1 aromatic heterocycles. The van der Waals surface area contributed by atoms with Gasteiger partial charge in [0.1, 0.15) is 0 Å². The van der Waals surface area contributed by atoms with Crippen LogP contribution in [0.5, 0.6) is 0 Å². The second-order valence-corrected chi connectivity index (χ2v) is 5.73. The Balaban J connectivity index is 1.53. The van der Waals surface area contributed by atoms with Crippen molar-refractivity contribution in [1.29, 1.82) is 0 Å². The van der Waals surface area contributed by atoms with Crippen molar-refractivity contribution < 1.29 is 18.7 Å². The lowest BCUT2D eigenvalue weighted by Crippen LogP contribution is -2.11. The molecule has 2 aromatic carbocycles. The molecule has 0 bridgehead atoms. The monoisotopic (exact) mass is 350 g/mol. The number of aromatic nitrogens is 2. The summed E-state index contributed by atoms with van der Waals surface area (Å²) in [6, 6.07) is 18.2. The molecule has 0 saturated carbocycles. The van der Waals surface area contributed by atoms with Crippen molar-refractivity contribution >= 4 is 11.8 Å². The average molecular weight is 350 g/mol. The number of carbonyl (C=O) groups excluding carboxylic acids is 2. The number of rotatable bonds is 7. The molecule has 3 aromatic rings. The van der Waals surface area contributed by atoms with Gasteiger partial charge in [0.2, 0.25) is 5.89 Å². The number of hydrogen-bond acceptors (Lipinski definition) is 6. The number of carbonyl (C=O) groups is 2. The average Bonchev–Trinajstić information content (AvgIpc) is 3.18. The predicted octanol–water partition coefficient (Wildman–Crippen LogP) is 4.00. The summed E-state index contributed by atoms with van der Waals surface area (Å²) in [6.45, 7) is 1.65. The van der Waals surface area contributed by atoms with Gasteiger partial charge in [0, 0.05) is 17.5 Å². The van der Waals surface area contributed by atoms with Gasteiger partial charge in [-0.05, 0) is 19.1 Å². The lowest BCUT2D eigenvalue weighted by atomic mass is 10.1. The van der Waals surface area contributed by atoms with Gasteiger partial charge in [-0.3, -0.25) is 9.59 Å². The van der Waals surface area contributed by atoms with Crippen molar-refractivity contribution in [2.75, 3.05) is 0 Å². The van der Waals surface area contributed by atoms with Gasteiger partial charge in [0.25, 0.3) is 5.89 Å². The molecule has 0 spiro atoms. The molecule has 0 N–H and O–H groups in total. The van der Waals surface area contributed by atoms with Crippen molar-refractivity contribution in [3.8, 4) is 11.5 Å². The Kier molecular flexibility index (Phi) is 5.53. The van der Waals surface area contributed by atoms with Crippen LogP contribution in [0.15, 0.2) is 65.1 Å². The normalized spacial score (nSPS) is 11.7. The Morgan fingerprint density at radius 2 is 1.62 bits per heavy atom. The molecule has 0 amide bonds. The first-order valence-corrected chi connectivity index (χ1v) is 8.30. The molecule has 132 valence electrons. The number of benzene rings is 2. The molecule has 3 rings (SSSR count). The third-order valence-electron chi connectivity index (χ3n) is 3.77. The van der Waals surface area contributed by atoms with Gasteiger partial charge in [-0.1, -0.05) is 48.5 Å². The van der Waals surface area contributed by atoms with Gasteiger partial charge in [-0.2, -0.15) is 0 Å². The van der Waals surface area contributed by atoms with Crippen LogP contribution < -0.4 is 0 Å². The molecule has 6 heteroatoms. The van der Waals surface area contributed by atoms with Crippen LogP contribution in [0.4, 0.5) is 0 Å². The Morgan fingerprint density at radius 1 is 0.962 bits per heavy atom. The highest BCUT2D eigenvalue weighted by molar-refractivity contribution is 5.97. The van der Waals surface area contributed by atoms with Crippen molar-refractivity contribution in [1.82, 2.24) is 10.2 Å². The zero-order valence-corrected chi connectivity index (χ0v) is 14.3. The van der Waals surface area contributed by atoms with Crippen LogP contribution in [0.3, 0.4) is 0 Å². The van der Waals surface area contributed by atoms with Gasteiger partial charge in [-0.15, -0.1) is 10.2 Å². The highest BCUT2D eigenvalue weighted by Gasteiger charge is 2.19. The molecular formula is C20H18N2O4. The number of ether oxygens (including phenoxy) is 1. The fourth-order valence-corrected chi connectivity index (χ4v) is 2.39. The molecule has 1 atom stereocenters. The number of ketones is 1. The summed E-state index contributed by atoms with van der Waals surface area (Å²) < 4.78 is 10.8. The van der Waals surface area contributed by atoms with E-state index >= 15 is 0 Å². The third kappa shape index (κ3) is 4.42. The van der Waals surface area contributed by atoms with Gasteiger partial charge >= 0.3 is 5.97 Å². The quantitative estimate of drug-likeness (QED) is 0.473. The first-order valence-electron chi connectivity index (χ1n) is 8.30. The van der Waals surface area contributed by atoms with E-state index in [4.69, 9.17) is 9.15 Å². The fourth-order valence-electron chi connectivity index (χ4n) is 2.39. The highest BCUT2D eigenvalue weighted by atomic mass is 16.6. The van der Waals surface area contributed by atoms with Gasteiger partial charge < -0.3 is 9.15 Å². The molecule has 0 saturated heterocycles. The molecule has 0 aliphatic carbocycles. The smallest absolute Gasteiger partial charge is 0.307 e. The van der Waals surface area contributed by atoms with Gasteiger partial charge in [-0.25, -0.2) is 0 Å². The molecule has 0 aliphatic rings. The van der Waals surface area contributed by atoms with Gasteiger partial charge in [0.15, 0.2) is 11.9 Å².